The van der Waals surface area contributed by atoms with E-state index in [1.165, 1.54) is 12.1 Å². The van der Waals surface area contributed by atoms with E-state index in [1.807, 2.05) is 0 Å². The van der Waals surface area contributed by atoms with Crippen molar-refractivity contribution in [2.75, 3.05) is 26.7 Å². The molecule has 1 heterocycles. The van der Waals surface area contributed by atoms with Crippen molar-refractivity contribution in [1.82, 2.24) is 15.3 Å². The van der Waals surface area contributed by atoms with Crippen molar-refractivity contribution in [1.29, 1.82) is 0 Å². The minimum atomic E-state index is -4.98. The Labute approximate surface area is 201 Å². The van der Waals surface area contributed by atoms with Gasteiger partial charge in [0.15, 0.2) is 0 Å². The lowest BCUT2D eigenvalue weighted by molar-refractivity contribution is -0.150. The Hall–Kier alpha value is -2.21. The van der Waals surface area contributed by atoms with Gasteiger partial charge in [0.2, 0.25) is 0 Å². The van der Waals surface area contributed by atoms with Crippen LogP contribution in [0.2, 0.25) is 10.0 Å². The van der Waals surface area contributed by atoms with Crippen molar-refractivity contribution < 1.29 is 36.0 Å². The van der Waals surface area contributed by atoms with Crippen LogP contribution in [0.5, 0.6) is 0 Å². The molecule has 2 aromatic carbocycles. The van der Waals surface area contributed by atoms with Crippen molar-refractivity contribution in [2.45, 2.75) is 24.9 Å². The van der Waals surface area contributed by atoms with Gasteiger partial charge in [-0.2, -0.15) is 26.3 Å². The largest absolute Gasteiger partial charge is 0.428 e. The summed E-state index contributed by atoms with van der Waals surface area (Å²) in [6.45, 7) is 0.635. The highest BCUT2D eigenvalue weighted by Crippen LogP contribution is 2.36. The number of carbonyl (C=O) groups is 1. The number of piperazine rings is 1. The lowest BCUT2D eigenvalue weighted by Gasteiger charge is -2.35. The molecule has 186 valence electrons. The number of benzene rings is 2. The van der Waals surface area contributed by atoms with Gasteiger partial charge in [-0.1, -0.05) is 29.3 Å². The number of amides is 1. The third kappa shape index (κ3) is 6.47. The van der Waals surface area contributed by atoms with Crippen LogP contribution in [0.15, 0.2) is 36.4 Å². The molecule has 13 heteroatoms. The summed E-state index contributed by atoms with van der Waals surface area (Å²) in [6.07, 6.45) is -10.9. The van der Waals surface area contributed by atoms with Gasteiger partial charge < -0.3 is 15.1 Å². The highest BCUT2D eigenvalue weighted by atomic mass is 35.5. The van der Waals surface area contributed by atoms with Gasteiger partial charge in [-0.3, -0.25) is 0 Å². The molecule has 1 amide bonds. The van der Waals surface area contributed by atoms with E-state index in [-0.39, 0.29) is 18.2 Å². The topological polar surface area (TPSA) is 44.8 Å². The maximum absolute atomic E-state index is 13.1. The van der Waals surface area contributed by atoms with Gasteiger partial charge in [0, 0.05) is 33.2 Å². The van der Waals surface area contributed by atoms with Crippen molar-refractivity contribution >= 4 is 29.3 Å². The smallest absolute Gasteiger partial charge is 0.350 e. The maximum atomic E-state index is 13.1. The Morgan fingerprint density at radius 2 is 1.68 bits per heavy atom. The van der Waals surface area contributed by atoms with E-state index >= 15 is 0 Å². The van der Waals surface area contributed by atoms with Crippen LogP contribution in [0.4, 0.5) is 31.1 Å². The Bertz CT molecular complexity index is 1020. The zero-order valence-corrected chi connectivity index (χ0v) is 19.1. The first-order chi connectivity index (χ1) is 15.8. The van der Waals surface area contributed by atoms with Gasteiger partial charge in [0.25, 0.3) is 0 Å². The number of nitrogens with zero attached hydrogens (tertiary/aromatic N) is 2. The van der Waals surface area contributed by atoms with E-state index in [4.69, 9.17) is 28.0 Å². The monoisotopic (exact) mass is 529 g/mol. The van der Waals surface area contributed by atoms with Crippen LogP contribution >= 0.6 is 23.2 Å². The van der Waals surface area contributed by atoms with Gasteiger partial charge in [-0.25, -0.2) is 4.79 Å². The van der Waals surface area contributed by atoms with Gasteiger partial charge in [0.05, 0.1) is 27.2 Å². The van der Waals surface area contributed by atoms with Crippen LogP contribution in [0, 0.1) is 0 Å². The number of halogens is 8. The van der Waals surface area contributed by atoms with Crippen LogP contribution in [-0.4, -0.2) is 42.7 Å². The first-order valence-corrected chi connectivity index (χ1v) is 10.6. The minimum absolute atomic E-state index is 0.0321. The number of rotatable bonds is 4. The quantitative estimate of drug-likeness (QED) is 0.481. The number of nitrogens with one attached hydrogen (secondary N) is 1. The first-order valence-electron chi connectivity index (χ1n) is 9.89. The predicted octanol–water partition coefficient (Wildman–Crippen LogP) is 6.16. The van der Waals surface area contributed by atoms with Crippen molar-refractivity contribution in [3.05, 3.63) is 68.7 Å². The molecule has 1 fully saturated rings. The summed E-state index contributed by atoms with van der Waals surface area (Å²) in [5.74, 6) is 0. The second kappa shape index (κ2) is 10.2. The summed E-state index contributed by atoms with van der Waals surface area (Å²) in [5.41, 5.74) is -2.56. The summed E-state index contributed by atoms with van der Waals surface area (Å²) in [4.78, 5) is 18.9. The second-order valence-electron chi connectivity index (χ2n) is 7.66. The second-order valence-corrected chi connectivity index (χ2v) is 8.48. The highest BCUT2D eigenvalue weighted by Gasteiger charge is 2.37. The van der Waals surface area contributed by atoms with E-state index in [2.05, 4.69) is 5.32 Å². The molecular formula is C21H19Cl2F6N3O2. The highest BCUT2D eigenvalue weighted by molar-refractivity contribution is 6.42. The molecule has 5 nitrogen and oxygen atoms in total. The predicted molar refractivity (Wildman–Crippen MR) is 113 cm³/mol. The van der Waals surface area contributed by atoms with E-state index in [0.717, 1.165) is 4.90 Å². The Kier molecular flexibility index (Phi) is 7.91. The molecule has 0 radical (unpaired) electrons. The molecule has 1 saturated heterocycles. The van der Waals surface area contributed by atoms with E-state index in [9.17, 15) is 31.1 Å². The molecule has 1 N–H and O–H groups in total. The molecule has 3 rings (SSSR count). The molecule has 0 saturated carbocycles. The lowest BCUT2D eigenvalue weighted by atomic mass is 10.0. The summed E-state index contributed by atoms with van der Waals surface area (Å²) >= 11 is 12.0. The molecule has 1 aliphatic heterocycles. The molecule has 0 aromatic heterocycles. The lowest BCUT2D eigenvalue weighted by Crippen LogP contribution is -2.48. The SMILES string of the molecule is CN(Cc1cc(C(F)(F)F)cc(C(F)(F)F)c1)C(=O)ON1CCNCC1c1ccc(Cl)c(Cl)c1. The minimum Gasteiger partial charge on any atom is -0.350 e. The van der Waals surface area contributed by atoms with Crippen molar-refractivity contribution in [3.8, 4) is 0 Å². The molecule has 34 heavy (non-hydrogen) atoms. The van der Waals surface area contributed by atoms with Crippen LogP contribution in [0.3, 0.4) is 0 Å². The standard InChI is InChI=1S/C21H19Cl2F6N3O2/c1-31(11-12-6-14(20(24,25)26)9-15(7-12)21(27,28)29)19(33)34-32-5-4-30-10-18(32)13-2-3-16(22)17(23)8-13/h2-3,6-9,18,30H,4-5,10-11H2,1H3. The zero-order chi connectivity index (χ0) is 25.3. The van der Waals surface area contributed by atoms with E-state index in [1.54, 1.807) is 18.2 Å². The number of hydrogen-bond donors (Lipinski definition) is 1. The van der Waals surface area contributed by atoms with E-state index in [0.29, 0.717) is 40.8 Å². The Balaban J connectivity index is 1.76. The van der Waals surface area contributed by atoms with E-state index < -0.39 is 42.2 Å². The molecule has 1 aliphatic rings. The fraction of sp³-hybridized carbons (Fsp3) is 0.381. The van der Waals surface area contributed by atoms with Crippen LogP contribution in [0.25, 0.3) is 0 Å². The van der Waals surface area contributed by atoms with Crippen molar-refractivity contribution in [3.63, 3.8) is 0 Å². The fourth-order valence-electron chi connectivity index (χ4n) is 3.42. The molecular weight excluding hydrogens is 511 g/mol. The van der Waals surface area contributed by atoms with Crippen molar-refractivity contribution in [2.24, 2.45) is 0 Å². The molecule has 0 aliphatic carbocycles. The molecule has 1 unspecified atom stereocenters. The fourth-order valence-corrected chi connectivity index (χ4v) is 3.72. The van der Waals surface area contributed by atoms with Gasteiger partial charge in [0.1, 0.15) is 0 Å². The molecule has 2 aromatic rings. The third-order valence-electron chi connectivity index (χ3n) is 5.10. The van der Waals surface area contributed by atoms with Gasteiger partial charge in [-0.15, -0.1) is 5.06 Å². The summed E-state index contributed by atoms with van der Waals surface area (Å²) < 4.78 is 78.6. The summed E-state index contributed by atoms with van der Waals surface area (Å²) in [7, 11) is 1.21. The third-order valence-corrected chi connectivity index (χ3v) is 5.84. The Morgan fingerprint density at radius 3 is 2.24 bits per heavy atom. The number of alkyl halides is 6. The zero-order valence-electron chi connectivity index (χ0n) is 17.6. The molecule has 0 bridgehead atoms. The first kappa shape index (κ1) is 26.4. The van der Waals surface area contributed by atoms with Gasteiger partial charge in [-0.05, 0) is 41.5 Å². The number of carbonyl (C=O) groups excluding carboxylic acids is 1. The average Bonchev–Trinajstić information content (AvgIpc) is 2.74. The average molecular weight is 530 g/mol. The van der Waals surface area contributed by atoms with Gasteiger partial charge >= 0.3 is 18.4 Å². The molecule has 1 atom stereocenters. The molecule has 0 spiro atoms. The maximum Gasteiger partial charge on any atom is 0.428 e. The normalized spacial score (nSPS) is 17.5. The van der Waals surface area contributed by atoms with Crippen LogP contribution in [-0.2, 0) is 23.7 Å². The van der Waals surface area contributed by atoms with Crippen LogP contribution in [0.1, 0.15) is 28.3 Å². The summed E-state index contributed by atoms with van der Waals surface area (Å²) in [5, 5.41) is 5.17. The number of hydroxylamine groups is 2. The Morgan fingerprint density at radius 1 is 1.06 bits per heavy atom. The number of hydrogen-bond acceptors (Lipinski definition) is 4. The van der Waals surface area contributed by atoms with Crippen LogP contribution < -0.4 is 5.32 Å². The summed E-state index contributed by atoms with van der Waals surface area (Å²) in [6, 6.07) is 5.65.